The first-order chi connectivity index (χ1) is 14.9. The molecule has 1 aromatic heterocycles. The van der Waals surface area contributed by atoms with Gasteiger partial charge in [0.15, 0.2) is 0 Å². The number of halogens is 2. The Kier molecular flexibility index (Phi) is 7.02. The van der Waals surface area contributed by atoms with Gasteiger partial charge in [-0.3, -0.25) is 9.59 Å². The molecule has 31 heavy (non-hydrogen) atoms. The molecule has 0 atom stereocenters. The topological polar surface area (TPSA) is 77.8 Å². The van der Waals surface area contributed by atoms with E-state index in [-0.39, 0.29) is 24.0 Å². The maximum absolute atomic E-state index is 12.7. The van der Waals surface area contributed by atoms with Crippen molar-refractivity contribution in [1.82, 2.24) is 0 Å². The maximum Gasteiger partial charge on any atom is 0.387 e. The highest BCUT2D eigenvalue weighted by Gasteiger charge is 2.17. The molecule has 0 fully saturated rings. The van der Waals surface area contributed by atoms with Crippen LogP contribution in [-0.2, 0) is 16.0 Å². The van der Waals surface area contributed by atoms with E-state index in [2.05, 4.69) is 10.1 Å². The Balaban J connectivity index is 1.67. The summed E-state index contributed by atoms with van der Waals surface area (Å²) in [6, 6.07) is 14.4. The lowest BCUT2D eigenvalue weighted by Gasteiger charge is -2.06. The number of hydrogen-bond donors (Lipinski definition) is 1. The predicted molar refractivity (Wildman–Crippen MR) is 110 cm³/mol. The second-order valence-corrected chi connectivity index (χ2v) is 6.62. The van der Waals surface area contributed by atoms with E-state index in [1.54, 1.807) is 56.3 Å². The van der Waals surface area contributed by atoms with Crippen LogP contribution in [0.15, 0.2) is 59.0 Å². The van der Waals surface area contributed by atoms with Gasteiger partial charge in [-0.1, -0.05) is 12.1 Å². The first-order valence-corrected chi connectivity index (χ1v) is 9.57. The highest BCUT2D eigenvalue weighted by atomic mass is 19.3. The average molecular weight is 429 g/mol. The number of aryl methyl sites for hydroxylation is 1. The van der Waals surface area contributed by atoms with Gasteiger partial charge in [-0.2, -0.15) is 8.78 Å². The lowest BCUT2D eigenvalue weighted by atomic mass is 10.1. The van der Waals surface area contributed by atoms with Gasteiger partial charge in [-0.25, -0.2) is 0 Å². The molecule has 6 nitrogen and oxygen atoms in total. The summed E-state index contributed by atoms with van der Waals surface area (Å²) < 4.78 is 39.4. The molecule has 0 unspecified atom stereocenters. The number of benzene rings is 2. The number of nitrogens with one attached hydrogen (secondary N) is 1. The summed E-state index contributed by atoms with van der Waals surface area (Å²) in [6.45, 7) is 0.838. The number of esters is 1. The minimum atomic E-state index is -2.90. The molecule has 3 rings (SSSR count). The maximum atomic E-state index is 12.7. The zero-order valence-corrected chi connectivity index (χ0v) is 17.0. The third-order valence-corrected chi connectivity index (χ3v) is 4.39. The van der Waals surface area contributed by atoms with Crippen LogP contribution in [0.4, 0.5) is 14.5 Å². The van der Waals surface area contributed by atoms with Crippen molar-refractivity contribution in [2.24, 2.45) is 0 Å². The number of carbonyl (C=O) groups excluding carboxylic acids is 2. The summed E-state index contributed by atoms with van der Waals surface area (Å²) in [5, 5.41) is 2.78. The fourth-order valence-corrected chi connectivity index (χ4v) is 2.93. The van der Waals surface area contributed by atoms with Gasteiger partial charge in [0, 0.05) is 11.3 Å². The zero-order valence-electron chi connectivity index (χ0n) is 17.0. The first-order valence-electron chi connectivity index (χ1n) is 9.57. The fraction of sp³-hybridized carbons (Fsp3) is 0.217. The molecular formula is C23H21F2NO5. The minimum Gasteiger partial charge on any atom is -0.466 e. The molecule has 1 heterocycles. The minimum absolute atomic E-state index is 0.0337. The van der Waals surface area contributed by atoms with Crippen molar-refractivity contribution < 1.29 is 32.3 Å². The van der Waals surface area contributed by atoms with Crippen molar-refractivity contribution in [3.05, 3.63) is 71.5 Å². The number of alkyl halides is 2. The largest absolute Gasteiger partial charge is 0.466 e. The molecule has 2 aromatic carbocycles. The smallest absolute Gasteiger partial charge is 0.387 e. The zero-order chi connectivity index (χ0) is 22.4. The van der Waals surface area contributed by atoms with Gasteiger partial charge in [0.2, 0.25) is 0 Å². The molecule has 0 saturated heterocycles. The van der Waals surface area contributed by atoms with Crippen LogP contribution in [0, 0.1) is 6.92 Å². The average Bonchev–Trinajstić information content (AvgIpc) is 3.11. The van der Waals surface area contributed by atoms with E-state index < -0.39 is 6.61 Å². The van der Waals surface area contributed by atoms with Gasteiger partial charge < -0.3 is 19.2 Å². The number of ether oxygens (including phenoxy) is 2. The van der Waals surface area contributed by atoms with Crippen molar-refractivity contribution >= 4 is 17.6 Å². The molecule has 0 bridgehead atoms. The highest BCUT2D eigenvalue weighted by Crippen LogP contribution is 2.28. The van der Waals surface area contributed by atoms with Gasteiger partial charge >= 0.3 is 12.6 Å². The monoisotopic (exact) mass is 429 g/mol. The molecule has 162 valence electrons. The quantitative estimate of drug-likeness (QED) is 0.497. The SMILES string of the molecule is CCOC(=O)Cc1ccc(NC(=O)c2cc(-c3ccc(OC(F)F)cc3)oc2C)cc1. The summed E-state index contributed by atoms with van der Waals surface area (Å²) >= 11 is 0. The Labute approximate surface area is 177 Å². The second-order valence-electron chi connectivity index (χ2n) is 6.62. The van der Waals surface area contributed by atoms with E-state index in [0.717, 1.165) is 5.56 Å². The molecule has 1 amide bonds. The van der Waals surface area contributed by atoms with Gasteiger partial charge in [0.1, 0.15) is 17.3 Å². The number of carbonyl (C=O) groups is 2. The lowest BCUT2D eigenvalue weighted by molar-refractivity contribution is -0.142. The van der Waals surface area contributed by atoms with Crippen LogP contribution in [0.5, 0.6) is 5.75 Å². The fourth-order valence-electron chi connectivity index (χ4n) is 2.93. The van der Waals surface area contributed by atoms with Crippen LogP contribution < -0.4 is 10.1 Å². The van der Waals surface area contributed by atoms with Gasteiger partial charge in [0.05, 0.1) is 18.6 Å². The third kappa shape index (κ3) is 5.91. The molecule has 0 aliphatic carbocycles. The molecule has 0 aliphatic rings. The number of hydrogen-bond acceptors (Lipinski definition) is 5. The molecule has 0 spiro atoms. The van der Waals surface area contributed by atoms with Crippen molar-refractivity contribution in [2.75, 3.05) is 11.9 Å². The third-order valence-electron chi connectivity index (χ3n) is 4.39. The number of amides is 1. The Bertz CT molecular complexity index is 1040. The van der Waals surface area contributed by atoms with Crippen LogP contribution in [0.1, 0.15) is 28.6 Å². The standard InChI is InChI=1S/C23H21F2NO5/c1-3-29-21(27)12-15-4-8-17(9-5-15)26-22(28)19-13-20(30-14(19)2)16-6-10-18(11-7-16)31-23(24)25/h4-11,13,23H,3,12H2,1-2H3,(H,26,28). The van der Waals surface area contributed by atoms with Gasteiger partial charge in [-0.05, 0) is 61.9 Å². The summed E-state index contributed by atoms with van der Waals surface area (Å²) in [7, 11) is 0. The van der Waals surface area contributed by atoms with E-state index >= 15 is 0 Å². The summed E-state index contributed by atoms with van der Waals surface area (Å²) in [4.78, 5) is 24.2. The summed E-state index contributed by atoms with van der Waals surface area (Å²) in [5.41, 5.74) is 2.30. The van der Waals surface area contributed by atoms with E-state index in [0.29, 0.717) is 34.9 Å². The van der Waals surface area contributed by atoms with Crippen molar-refractivity contribution in [3.8, 4) is 17.1 Å². The van der Waals surface area contributed by atoms with Crippen molar-refractivity contribution in [1.29, 1.82) is 0 Å². The van der Waals surface area contributed by atoms with E-state index in [1.807, 2.05) is 0 Å². The van der Waals surface area contributed by atoms with E-state index in [9.17, 15) is 18.4 Å². The number of rotatable bonds is 8. The Hall–Kier alpha value is -3.68. The van der Waals surface area contributed by atoms with E-state index in [1.165, 1.54) is 12.1 Å². The van der Waals surface area contributed by atoms with Crippen LogP contribution in [-0.4, -0.2) is 25.1 Å². The van der Waals surface area contributed by atoms with Crippen LogP contribution in [0.2, 0.25) is 0 Å². The van der Waals surface area contributed by atoms with Crippen molar-refractivity contribution in [3.63, 3.8) is 0 Å². The van der Waals surface area contributed by atoms with Crippen molar-refractivity contribution in [2.45, 2.75) is 26.9 Å². The molecule has 0 aliphatic heterocycles. The van der Waals surface area contributed by atoms with E-state index in [4.69, 9.17) is 9.15 Å². The summed E-state index contributed by atoms with van der Waals surface area (Å²) in [5.74, 6) is 0.208. The van der Waals surface area contributed by atoms with Gasteiger partial charge in [0.25, 0.3) is 5.91 Å². The summed E-state index contributed by atoms with van der Waals surface area (Å²) in [6.07, 6.45) is 0.160. The Morgan fingerprint density at radius 2 is 1.74 bits per heavy atom. The van der Waals surface area contributed by atoms with Crippen LogP contribution in [0.3, 0.4) is 0 Å². The Morgan fingerprint density at radius 3 is 2.35 bits per heavy atom. The highest BCUT2D eigenvalue weighted by molar-refractivity contribution is 6.05. The normalized spacial score (nSPS) is 10.7. The Morgan fingerprint density at radius 1 is 1.06 bits per heavy atom. The van der Waals surface area contributed by atoms with Crippen LogP contribution in [0.25, 0.3) is 11.3 Å². The predicted octanol–water partition coefficient (Wildman–Crippen LogP) is 5.21. The molecule has 0 saturated carbocycles. The molecular weight excluding hydrogens is 408 g/mol. The molecule has 3 aromatic rings. The van der Waals surface area contributed by atoms with Crippen LogP contribution >= 0.6 is 0 Å². The molecule has 8 heteroatoms. The first kappa shape index (κ1) is 22.0. The number of furan rings is 1. The van der Waals surface area contributed by atoms with Gasteiger partial charge in [-0.15, -0.1) is 0 Å². The molecule has 1 N–H and O–H groups in total. The lowest BCUT2D eigenvalue weighted by Crippen LogP contribution is -2.12. The second kappa shape index (κ2) is 9.88. The molecule has 0 radical (unpaired) electrons. The number of anilines is 1.